The van der Waals surface area contributed by atoms with Crippen LogP contribution in [0.15, 0.2) is 65.7 Å². The van der Waals surface area contributed by atoms with Crippen molar-refractivity contribution >= 4 is 46.1 Å². The van der Waals surface area contributed by atoms with E-state index < -0.39 is 0 Å². The Hall–Kier alpha value is -2.87. The molecular weight excluding hydrogens is 491 g/mol. The topological polar surface area (TPSA) is 59.9 Å². The predicted molar refractivity (Wildman–Crippen MR) is 129 cm³/mol. The van der Waals surface area contributed by atoms with Gasteiger partial charge < -0.3 is 14.8 Å². The van der Waals surface area contributed by atoms with Crippen molar-refractivity contribution < 1.29 is 14.3 Å². The highest BCUT2D eigenvalue weighted by molar-refractivity contribution is 14.1. The van der Waals surface area contributed by atoms with Crippen LogP contribution in [0.5, 0.6) is 11.5 Å². The molecular formula is C24H23IN2O3. The zero-order valence-electron chi connectivity index (χ0n) is 17.1. The number of anilines is 1. The third kappa shape index (κ3) is 5.82. The maximum absolute atomic E-state index is 12.2. The van der Waals surface area contributed by atoms with Gasteiger partial charge in [0, 0.05) is 11.9 Å². The number of benzene rings is 3. The van der Waals surface area contributed by atoms with Crippen LogP contribution < -0.4 is 14.8 Å². The van der Waals surface area contributed by atoms with Gasteiger partial charge in [0.2, 0.25) is 0 Å². The number of halogens is 1. The summed E-state index contributed by atoms with van der Waals surface area (Å²) in [5, 5.41) is 2.80. The molecule has 0 aliphatic rings. The highest BCUT2D eigenvalue weighted by atomic mass is 127. The minimum atomic E-state index is -0.236. The number of amides is 1. The third-order valence-corrected chi connectivity index (χ3v) is 5.18. The van der Waals surface area contributed by atoms with E-state index in [1.165, 1.54) is 0 Å². The number of aryl methyl sites for hydroxylation is 2. The predicted octanol–water partition coefficient (Wildman–Crippen LogP) is 5.68. The van der Waals surface area contributed by atoms with Crippen molar-refractivity contribution in [2.24, 2.45) is 4.99 Å². The van der Waals surface area contributed by atoms with Gasteiger partial charge in [-0.3, -0.25) is 9.79 Å². The van der Waals surface area contributed by atoms with Gasteiger partial charge in [-0.15, -0.1) is 0 Å². The van der Waals surface area contributed by atoms with Crippen molar-refractivity contribution in [1.82, 2.24) is 0 Å². The van der Waals surface area contributed by atoms with Crippen molar-refractivity contribution in [3.63, 3.8) is 0 Å². The Balaban J connectivity index is 1.73. The van der Waals surface area contributed by atoms with Gasteiger partial charge in [0.05, 0.1) is 16.4 Å². The number of carbonyl (C=O) groups is 1. The number of ether oxygens (including phenoxy) is 2. The molecule has 0 atom stereocenters. The van der Waals surface area contributed by atoms with Crippen LogP contribution in [0.3, 0.4) is 0 Å². The first-order valence-electron chi connectivity index (χ1n) is 9.43. The van der Waals surface area contributed by atoms with Crippen molar-refractivity contribution in [2.45, 2.75) is 13.8 Å². The lowest BCUT2D eigenvalue weighted by atomic mass is 10.1. The van der Waals surface area contributed by atoms with Crippen LogP contribution in [0.2, 0.25) is 0 Å². The monoisotopic (exact) mass is 514 g/mol. The van der Waals surface area contributed by atoms with Gasteiger partial charge in [0.25, 0.3) is 5.91 Å². The summed E-state index contributed by atoms with van der Waals surface area (Å²) in [5.41, 5.74) is 4.83. The zero-order valence-corrected chi connectivity index (χ0v) is 19.3. The molecule has 0 saturated carbocycles. The lowest BCUT2D eigenvalue weighted by Gasteiger charge is -2.13. The largest absolute Gasteiger partial charge is 0.493 e. The summed E-state index contributed by atoms with van der Waals surface area (Å²) in [7, 11) is 1.58. The Bertz CT molecular complexity index is 1070. The Kier molecular flexibility index (Phi) is 7.46. The molecule has 0 bridgehead atoms. The average Bonchev–Trinajstić information content (AvgIpc) is 2.74. The minimum absolute atomic E-state index is 0.114. The smallest absolute Gasteiger partial charge is 0.262 e. The summed E-state index contributed by atoms with van der Waals surface area (Å²) in [4.78, 5) is 16.8. The lowest BCUT2D eigenvalue weighted by Crippen LogP contribution is -2.20. The second-order valence-electron chi connectivity index (χ2n) is 6.79. The number of hydrogen-bond acceptors (Lipinski definition) is 4. The van der Waals surface area contributed by atoms with Crippen LogP contribution >= 0.6 is 22.6 Å². The molecule has 1 amide bonds. The first-order chi connectivity index (χ1) is 14.5. The zero-order chi connectivity index (χ0) is 21.5. The number of rotatable bonds is 7. The van der Waals surface area contributed by atoms with E-state index in [0.29, 0.717) is 11.5 Å². The molecule has 1 N–H and O–H groups in total. The van der Waals surface area contributed by atoms with Crippen LogP contribution in [0.4, 0.5) is 11.4 Å². The Morgan fingerprint density at radius 3 is 2.60 bits per heavy atom. The average molecular weight is 514 g/mol. The van der Waals surface area contributed by atoms with E-state index >= 15 is 0 Å². The molecule has 0 heterocycles. The van der Waals surface area contributed by atoms with Crippen LogP contribution in [0.1, 0.15) is 16.7 Å². The van der Waals surface area contributed by atoms with Gasteiger partial charge in [-0.05, 0) is 83.5 Å². The fourth-order valence-electron chi connectivity index (χ4n) is 2.81. The molecule has 0 unspecified atom stereocenters. The van der Waals surface area contributed by atoms with E-state index in [1.807, 2.05) is 56.3 Å². The molecule has 0 aromatic heterocycles. The maximum atomic E-state index is 12.2. The highest BCUT2D eigenvalue weighted by Gasteiger charge is 2.13. The first-order valence-corrected chi connectivity index (χ1v) is 10.5. The molecule has 6 heteroatoms. The number of para-hydroxylation sites is 1. The molecule has 0 spiro atoms. The summed E-state index contributed by atoms with van der Waals surface area (Å²) in [6.45, 7) is 3.97. The van der Waals surface area contributed by atoms with Gasteiger partial charge in [-0.2, -0.15) is 0 Å². The van der Waals surface area contributed by atoms with Gasteiger partial charge in [0.15, 0.2) is 18.1 Å². The van der Waals surface area contributed by atoms with Crippen LogP contribution in [-0.4, -0.2) is 25.8 Å². The standard InChI is InChI=1S/C24H23IN2O3/c1-16-9-10-17(2)21(11-16)26-14-18-12-20(25)24(22(13-18)29-3)30-15-23(28)27-19-7-5-4-6-8-19/h4-14H,15H2,1-3H3,(H,27,28). The molecule has 0 radical (unpaired) electrons. The summed E-state index contributed by atoms with van der Waals surface area (Å²) in [6.07, 6.45) is 1.80. The summed E-state index contributed by atoms with van der Waals surface area (Å²) < 4.78 is 12.1. The summed E-state index contributed by atoms with van der Waals surface area (Å²) in [6, 6.07) is 19.2. The molecule has 154 valence electrons. The van der Waals surface area contributed by atoms with E-state index in [2.05, 4.69) is 51.1 Å². The van der Waals surface area contributed by atoms with Gasteiger partial charge in [0.1, 0.15) is 0 Å². The molecule has 3 rings (SSSR count). The molecule has 0 saturated heterocycles. The van der Waals surface area contributed by atoms with Crippen molar-refractivity contribution in [2.75, 3.05) is 19.0 Å². The number of carbonyl (C=O) groups excluding carboxylic acids is 1. The van der Waals surface area contributed by atoms with Crippen LogP contribution in [-0.2, 0) is 4.79 Å². The van der Waals surface area contributed by atoms with E-state index in [1.54, 1.807) is 13.3 Å². The maximum Gasteiger partial charge on any atom is 0.262 e. The molecule has 3 aromatic carbocycles. The third-order valence-electron chi connectivity index (χ3n) is 4.37. The minimum Gasteiger partial charge on any atom is -0.493 e. The van der Waals surface area contributed by atoms with Gasteiger partial charge >= 0.3 is 0 Å². The summed E-state index contributed by atoms with van der Waals surface area (Å²) in [5.74, 6) is 0.849. The van der Waals surface area contributed by atoms with E-state index in [4.69, 9.17) is 9.47 Å². The summed E-state index contributed by atoms with van der Waals surface area (Å²) >= 11 is 2.17. The molecule has 0 aliphatic carbocycles. The second-order valence-corrected chi connectivity index (χ2v) is 7.95. The Morgan fingerprint density at radius 1 is 1.10 bits per heavy atom. The van der Waals surface area contributed by atoms with Gasteiger partial charge in [-0.1, -0.05) is 30.3 Å². The first kappa shape index (κ1) is 21.8. The normalized spacial score (nSPS) is 10.8. The number of aliphatic imine (C=N–C) groups is 1. The van der Waals surface area contributed by atoms with Crippen LogP contribution in [0.25, 0.3) is 0 Å². The SMILES string of the molecule is COc1cc(C=Nc2cc(C)ccc2C)cc(I)c1OCC(=O)Nc1ccccc1. The van der Waals surface area contributed by atoms with E-state index in [-0.39, 0.29) is 12.5 Å². The molecule has 0 fully saturated rings. The molecule has 0 aliphatic heterocycles. The number of hydrogen-bond donors (Lipinski definition) is 1. The Morgan fingerprint density at radius 2 is 1.87 bits per heavy atom. The van der Waals surface area contributed by atoms with Crippen molar-refractivity contribution in [1.29, 1.82) is 0 Å². The van der Waals surface area contributed by atoms with E-state index in [0.717, 1.165) is 31.6 Å². The fourth-order valence-corrected chi connectivity index (χ4v) is 3.59. The van der Waals surface area contributed by atoms with Crippen molar-refractivity contribution in [3.05, 3.63) is 80.9 Å². The van der Waals surface area contributed by atoms with E-state index in [9.17, 15) is 4.79 Å². The quantitative estimate of drug-likeness (QED) is 0.326. The molecule has 5 nitrogen and oxygen atoms in total. The highest BCUT2D eigenvalue weighted by Crippen LogP contribution is 2.34. The molecule has 30 heavy (non-hydrogen) atoms. The molecule has 3 aromatic rings. The van der Waals surface area contributed by atoms with Gasteiger partial charge in [-0.25, -0.2) is 0 Å². The number of methoxy groups -OCH3 is 1. The number of nitrogens with one attached hydrogen (secondary N) is 1. The Labute approximate surface area is 190 Å². The lowest BCUT2D eigenvalue weighted by molar-refractivity contribution is -0.118. The van der Waals surface area contributed by atoms with Crippen molar-refractivity contribution in [3.8, 4) is 11.5 Å². The fraction of sp³-hybridized carbons (Fsp3) is 0.167. The van der Waals surface area contributed by atoms with Crippen LogP contribution in [0, 0.1) is 17.4 Å². The second kappa shape index (κ2) is 10.2. The number of nitrogens with zero attached hydrogens (tertiary/aromatic N) is 1.